The van der Waals surface area contributed by atoms with Gasteiger partial charge in [-0.25, -0.2) is 9.59 Å². The number of hydrogen-bond acceptors (Lipinski definition) is 6. The summed E-state index contributed by atoms with van der Waals surface area (Å²) < 4.78 is 0. The summed E-state index contributed by atoms with van der Waals surface area (Å²) >= 11 is 0. The highest BCUT2D eigenvalue weighted by Gasteiger charge is 2.61. The Morgan fingerprint density at radius 2 is 1.77 bits per heavy atom. The fourth-order valence-corrected chi connectivity index (χ4v) is 7.68. The molecule has 4 aliphatic rings. The summed E-state index contributed by atoms with van der Waals surface area (Å²) in [7, 11) is 0. The molecule has 0 aromatic heterocycles. The number of fused-ring (bicyclic) bond motifs is 5. The van der Waals surface area contributed by atoms with Crippen LogP contribution in [0.15, 0.2) is 29.5 Å². The molecule has 5 N–H and O–H groups in total. The Bertz CT molecular complexity index is 895. The Hall–Kier alpha value is -2.48. The second-order valence-corrected chi connectivity index (χ2v) is 11.2. The Morgan fingerprint density at radius 3 is 2.37 bits per heavy atom. The molecule has 8 nitrogen and oxygen atoms in total. The first-order valence-electron chi connectivity index (χ1n) is 12.8. The van der Waals surface area contributed by atoms with Crippen LogP contribution in [-0.4, -0.2) is 45.4 Å². The van der Waals surface area contributed by atoms with Gasteiger partial charge in [-0.15, -0.1) is 0 Å². The smallest absolute Gasteiger partial charge is 0.328 e. The van der Waals surface area contributed by atoms with Gasteiger partial charge in [0.2, 0.25) is 0 Å². The lowest BCUT2D eigenvalue weighted by Crippen LogP contribution is -2.56. The number of Topliss-reactive ketones (excluding diaryl/α,β-unsaturated/α-hetero) is 1. The first-order chi connectivity index (χ1) is 16.6. The van der Waals surface area contributed by atoms with E-state index in [4.69, 9.17) is 15.9 Å². The summed E-state index contributed by atoms with van der Waals surface area (Å²) in [5.74, 6) is 0.601. The quantitative estimate of drug-likeness (QED) is 0.195. The molecule has 7 atom stereocenters. The zero-order chi connectivity index (χ0) is 25.8. The molecular weight excluding hydrogens is 448 g/mol. The van der Waals surface area contributed by atoms with Crippen LogP contribution in [0.25, 0.3) is 0 Å². The number of nitrogens with zero attached hydrogens (tertiary/aromatic N) is 1. The summed E-state index contributed by atoms with van der Waals surface area (Å²) in [6, 6.07) is 0. The molecule has 8 heteroatoms. The van der Waals surface area contributed by atoms with Gasteiger partial charge in [0, 0.05) is 29.9 Å². The lowest BCUT2D eigenvalue weighted by Gasteiger charge is -2.60. The van der Waals surface area contributed by atoms with E-state index < -0.39 is 11.9 Å². The number of carboxylic acids is 2. The van der Waals surface area contributed by atoms with E-state index >= 15 is 0 Å². The highest BCUT2D eigenvalue weighted by molar-refractivity contribution is 5.90. The van der Waals surface area contributed by atoms with Crippen LogP contribution >= 0.6 is 0 Å². The van der Waals surface area contributed by atoms with Crippen molar-refractivity contribution in [3.8, 4) is 0 Å². The van der Waals surface area contributed by atoms with E-state index in [1.54, 1.807) is 0 Å². The second kappa shape index (κ2) is 11.1. The third kappa shape index (κ3) is 5.52. The van der Waals surface area contributed by atoms with Crippen LogP contribution in [0.2, 0.25) is 0 Å². The minimum absolute atomic E-state index is 0.118. The predicted octanol–water partition coefficient (Wildman–Crippen LogP) is 4.27. The van der Waals surface area contributed by atoms with E-state index in [0.717, 1.165) is 44.2 Å². The molecule has 194 valence electrons. The molecule has 0 aromatic rings. The van der Waals surface area contributed by atoms with Gasteiger partial charge in [0.15, 0.2) is 0 Å². The van der Waals surface area contributed by atoms with E-state index in [2.05, 4.69) is 31.2 Å². The van der Waals surface area contributed by atoms with Crippen molar-refractivity contribution in [2.24, 2.45) is 51.3 Å². The number of ketones is 1. The third-order valence-electron chi connectivity index (χ3n) is 9.47. The fraction of sp³-hybridized carbons (Fsp3) is 0.704. The Balaban J connectivity index is 0.000000371. The van der Waals surface area contributed by atoms with Crippen molar-refractivity contribution in [1.82, 2.24) is 0 Å². The van der Waals surface area contributed by atoms with Crippen LogP contribution in [0.5, 0.6) is 0 Å². The van der Waals surface area contributed by atoms with Crippen molar-refractivity contribution in [1.29, 1.82) is 0 Å². The lowest BCUT2D eigenvalue weighted by atomic mass is 9.44. The first-order valence-corrected chi connectivity index (χ1v) is 12.8. The monoisotopic (exact) mass is 488 g/mol. The summed E-state index contributed by atoms with van der Waals surface area (Å²) in [6.07, 6.45) is 15.1. The zero-order valence-corrected chi connectivity index (χ0v) is 20.9. The summed E-state index contributed by atoms with van der Waals surface area (Å²) in [6.45, 7) is 5.38. The first kappa shape index (κ1) is 27.1. The number of carbonyl (C=O) groups excluding carboxylic acids is 1. The number of oxime groups is 1. The largest absolute Gasteiger partial charge is 0.478 e. The standard InChI is InChI=1S/C23H36N2O2.C4H4O4/c1-22-10-8-15(5-3-4-12-24)13-19(22)20(25-27)14-16-17-6-7-21(26)23(17,2)11-9-18(16)22;5-3(6)1-2-4(7)8/h3,5,15-19,27H,4,6-14,24H2,1-2H3;1-2H,(H,5,6)(H,7,8)/b5-3-,25-20+;2-1+/t15-,16-,17-,18-,19?,22+,23-;/m0./s1. The SMILES string of the molecule is C[C@]12CC[C@H](/C=C\CCN)CC1/C(=N/O)C[C@@H]1[C@@H]2CC[C@]2(C)C(=O)CC[C@@H]12.O=C(O)/C=C/C(=O)O. The zero-order valence-electron chi connectivity index (χ0n) is 20.9. The van der Waals surface area contributed by atoms with Crippen molar-refractivity contribution in [3.05, 3.63) is 24.3 Å². The molecule has 0 aliphatic heterocycles. The van der Waals surface area contributed by atoms with E-state index in [9.17, 15) is 19.6 Å². The van der Waals surface area contributed by atoms with Gasteiger partial charge in [0.05, 0.1) is 5.71 Å². The van der Waals surface area contributed by atoms with Crippen LogP contribution < -0.4 is 5.73 Å². The molecule has 4 fully saturated rings. The van der Waals surface area contributed by atoms with Crippen LogP contribution in [0, 0.1) is 40.4 Å². The molecule has 0 spiro atoms. The topological polar surface area (TPSA) is 150 Å². The van der Waals surface area contributed by atoms with Crippen LogP contribution in [0.4, 0.5) is 0 Å². The predicted molar refractivity (Wildman–Crippen MR) is 132 cm³/mol. The number of hydrogen-bond donors (Lipinski definition) is 4. The average Bonchev–Trinajstić information content (AvgIpc) is 3.12. The number of carbonyl (C=O) groups is 3. The number of allylic oxidation sites excluding steroid dienone is 1. The second-order valence-electron chi connectivity index (χ2n) is 11.2. The van der Waals surface area contributed by atoms with Crippen LogP contribution in [0.1, 0.15) is 71.6 Å². The molecule has 35 heavy (non-hydrogen) atoms. The summed E-state index contributed by atoms with van der Waals surface area (Å²) in [5, 5.41) is 29.3. The molecule has 4 rings (SSSR count). The minimum atomic E-state index is -1.26. The lowest BCUT2D eigenvalue weighted by molar-refractivity contribution is -0.134. The van der Waals surface area contributed by atoms with Gasteiger partial charge in [-0.05, 0) is 87.0 Å². The molecule has 0 heterocycles. The van der Waals surface area contributed by atoms with Crippen molar-refractivity contribution >= 4 is 23.4 Å². The van der Waals surface area contributed by atoms with Gasteiger partial charge in [-0.3, -0.25) is 4.79 Å². The Labute approximate surface area is 207 Å². The maximum Gasteiger partial charge on any atom is 0.328 e. The maximum absolute atomic E-state index is 12.6. The van der Waals surface area contributed by atoms with Gasteiger partial charge in [0.1, 0.15) is 5.78 Å². The molecule has 1 unspecified atom stereocenters. The van der Waals surface area contributed by atoms with E-state index in [1.807, 2.05) is 0 Å². The summed E-state index contributed by atoms with van der Waals surface area (Å²) in [4.78, 5) is 31.7. The van der Waals surface area contributed by atoms with Gasteiger partial charge >= 0.3 is 11.9 Å². The molecule has 0 saturated heterocycles. The van der Waals surface area contributed by atoms with Gasteiger partial charge in [-0.1, -0.05) is 31.2 Å². The van der Waals surface area contributed by atoms with Crippen molar-refractivity contribution in [2.45, 2.75) is 71.6 Å². The fourth-order valence-electron chi connectivity index (χ4n) is 7.68. The third-order valence-corrected chi connectivity index (χ3v) is 9.47. The van der Waals surface area contributed by atoms with Crippen molar-refractivity contribution in [3.63, 3.8) is 0 Å². The number of carboxylic acid groups (broad SMARTS) is 2. The minimum Gasteiger partial charge on any atom is -0.478 e. The normalized spacial score (nSPS) is 39.6. The Kier molecular flexibility index (Phi) is 8.57. The van der Waals surface area contributed by atoms with E-state index in [1.165, 1.54) is 19.3 Å². The average molecular weight is 489 g/mol. The molecule has 4 saturated carbocycles. The molecule has 0 aromatic carbocycles. The highest BCUT2D eigenvalue weighted by Crippen LogP contribution is 2.65. The van der Waals surface area contributed by atoms with Crippen LogP contribution in [-0.2, 0) is 14.4 Å². The highest BCUT2D eigenvalue weighted by atomic mass is 16.4. The molecule has 0 amide bonds. The molecular formula is C27H40N2O6. The van der Waals surface area contributed by atoms with E-state index in [-0.39, 0.29) is 10.8 Å². The molecule has 0 bridgehead atoms. The van der Waals surface area contributed by atoms with Crippen molar-refractivity contribution in [2.75, 3.05) is 6.54 Å². The van der Waals surface area contributed by atoms with E-state index in [0.29, 0.717) is 54.1 Å². The number of rotatable bonds is 5. The maximum atomic E-state index is 12.6. The van der Waals surface area contributed by atoms with Gasteiger partial charge in [0.25, 0.3) is 0 Å². The Morgan fingerprint density at radius 1 is 1.09 bits per heavy atom. The summed E-state index contributed by atoms with van der Waals surface area (Å²) in [5.41, 5.74) is 6.74. The molecule has 0 radical (unpaired) electrons. The number of nitrogens with two attached hydrogens (primary N) is 1. The van der Waals surface area contributed by atoms with Gasteiger partial charge in [-0.2, -0.15) is 0 Å². The number of aliphatic carboxylic acids is 2. The van der Waals surface area contributed by atoms with Crippen molar-refractivity contribution < 1.29 is 29.8 Å². The van der Waals surface area contributed by atoms with Crippen LogP contribution in [0.3, 0.4) is 0 Å². The van der Waals surface area contributed by atoms with Gasteiger partial charge < -0.3 is 21.2 Å². The molecule has 4 aliphatic carbocycles.